The summed E-state index contributed by atoms with van der Waals surface area (Å²) in [5.41, 5.74) is 4.05. The summed E-state index contributed by atoms with van der Waals surface area (Å²) >= 11 is 7.97. The zero-order valence-corrected chi connectivity index (χ0v) is 18.9. The molecule has 0 radical (unpaired) electrons. The molecule has 0 spiro atoms. The second-order valence-corrected chi connectivity index (χ2v) is 10.1. The molecule has 29 heavy (non-hydrogen) atoms. The van der Waals surface area contributed by atoms with Crippen molar-refractivity contribution in [1.29, 1.82) is 0 Å². The van der Waals surface area contributed by atoms with E-state index in [1.165, 1.54) is 11.8 Å². The normalized spacial score (nSPS) is 11.7. The van der Waals surface area contributed by atoms with Crippen molar-refractivity contribution >= 4 is 33.4 Å². The first kappa shape index (κ1) is 21.8. The molecule has 0 fully saturated rings. The van der Waals surface area contributed by atoms with Gasteiger partial charge in [0, 0.05) is 17.9 Å². The van der Waals surface area contributed by atoms with Crippen LogP contribution in [0.4, 0.5) is 0 Å². The van der Waals surface area contributed by atoms with E-state index in [9.17, 15) is 8.42 Å². The molecule has 0 unspecified atom stereocenters. The summed E-state index contributed by atoms with van der Waals surface area (Å²) in [5.74, 6) is 1.38. The van der Waals surface area contributed by atoms with Crippen molar-refractivity contribution in [2.45, 2.75) is 25.4 Å². The van der Waals surface area contributed by atoms with Crippen molar-refractivity contribution in [2.24, 2.45) is 0 Å². The Labute approximate surface area is 180 Å². The van der Waals surface area contributed by atoms with Crippen molar-refractivity contribution in [3.63, 3.8) is 0 Å². The van der Waals surface area contributed by atoms with Crippen LogP contribution in [0.2, 0.25) is 5.02 Å². The lowest BCUT2D eigenvalue weighted by atomic mass is 10.1. The molecule has 6 nitrogen and oxygen atoms in total. The van der Waals surface area contributed by atoms with Gasteiger partial charge in [0.2, 0.25) is 10.0 Å². The molecule has 9 heteroatoms. The summed E-state index contributed by atoms with van der Waals surface area (Å²) < 4.78 is 27.0. The summed E-state index contributed by atoms with van der Waals surface area (Å²) in [6.07, 6.45) is 1.84. The van der Waals surface area contributed by atoms with Gasteiger partial charge in [-0.3, -0.25) is 4.57 Å². The topological polar surface area (TPSA) is 76.9 Å². The van der Waals surface area contributed by atoms with Crippen LogP contribution in [-0.2, 0) is 10.0 Å². The number of nitrogens with one attached hydrogen (secondary N) is 1. The molecule has 1 N–H and O–H groups in total. The minimum atomic E-state index is -3.17. The Morgan fingerprint density at radius 1 is 1.14 bits per heavy atom. The zero-order valence-electron chi connectivity index (χ0n) is 16.5. The minimum Gasteiger partial charge on any atom is -0.270 e. The highest BCUT2D eigenvalue weighted by molar-refractivity contribution is 7.99. The summed E-state index contributed by atoms with van der Waals surface area (Å²) in [6, 6.07) is 13.8. The third-order valence-electron chi connectivity index (χ3n) is 4.27. The van der Waals surface area contributed by atoms with E-state index in [4.69, 9.17) is 11.6 Å². The van der Waals surface area contributed by atoms with E-state index in [1.54, 1.807) is 0 Å². The van der Waals surface area contributed by atoms with Crippen LogP contribution in [0, 0.1) is 13.8 Å². The summed E-state index contributed by atoms with van der Waals surface area (Å²) in [7, 11) is -3.17. The molecule has 2 aromatic carbocycles. The standard InChI is InChI=1S/C20H23ClN4O2S2/c1-14-9-10-15(2)18(13-14)25-19(16-7-4-5-8-17(16)21)23-24-20(25)28-12-6-11-22-29(3,26)27/h4-5,7-10,13,22H,6,11-12H2,1-3H3. The molecule has 0 amide bonds. The zero-order chi connectivity index (χ0) is 21.0. The van der Waals surface area contributed by atoms with E-state index >= 15 is 0 Å². The van der Waals surface area contributed by atoms with Crippen LogP contribution in [-0.4, -0.2) is 41.7 Å². The molecule has 1 heterocycles. The molecule has 0 aliphatic rings. The van der Waals surface area contributed by atoms with Crippen LogP contribution in [0.3, 0.4) is 0 Å². The Bertz CT molecular complexity index is 1110. The van der Waals surface area contributed by atoms with Crippen molar-refractivity contribution in [1.82, 2.24) is 19.5 Å². The number of benzene rings is 2. The minimum absolute atomic E-state index is 0.390. The summed E-state index contributed by atoms with van der Waals surface area (Å²) in [5, 5.41) is 10.2. The Balaban J connectivity index is 1.95. The molecular formula is C20H23ClN4O2S2. The van der Waals surface area contributed by atoms with Gasteiger partial charge in [0.05, 0.1) is 17.0 Å². The van der Waals surface area contributed by atoms with Crippen LogP contribution in [0.25, 0.3) is 17.1 Å². The average molecular weight is 451 g/mol. The van der Waals surface area contributed by atoms with Gasteiger partial charge in [-0.05, 0) is 49.6 Å². The van der Waals surface area contributed by atoms with E-state index in [-0.39, 0.29) is 0 Å². The number of thioether (sulfide) groups is 1. The molecule has 154 valence electrons. The number of aromatic nitrogens is 3. The van der Waals surface area contributed by atoms with Crippen LogP contribution < -0.4 is 4.72 Å². The first-order chi connectivity index (χ1) is 13.8. The molecule has 0 aliphatic carbocycles. The molecular weight excluding hydrogens is 428 g/mol. The highest BCUT2D eigenvalue weighted by Gasteiger charge is 2.19. The third kappa shape index (κ3) is 5.60. The molecule has 0 saturated carbocycles. The molecule has 1 aromatic heterocycles. The Morgan fingerprint density at radius 3 is 2.62 bits per heavy atom. The predicted octanol–water partition coefficient (Wildman–Crippen LogP) is 4.24. The fourth-order valence-electron chi connectivity index (χ4n) is 2.85. The van der Waals surface area contributed by atoms with Gasteiger partial charge in [0.15, 0.2) is 11.0 Å². The Kier molecular flexibility index (Phi) is 7.00. The van der Waals surface area contributed by atoms with E-state index in [2.05, 4.69) is 40.0 Å². The summed E-state index contributed by atoms with van der Waals surface area (Å²) in [4.78, 5) is 0. The van der Waals surface area contributed by atoms with Crippen LogP contribution in [0.5, 0.6) is 0 Å². The van der Waals surface area contributed by atoms with Gasteiger partial charge in [0.1, 0.15) is 0 Å². The molecule has 0 saturated heterocycles. The first-order valence-electron chi connectivity index (χ1n) is 9.11. The first-order valence-corrected chi connectivity index (χ1v) is 12.4. The van der Waals surface area contributed by atoms with Gasteiger partial charge < -0.3 is 0 Å². The van der Waals surface area contributed by atoms with E-state index in [1.807, 2.05) is 35.8 Å². The monoisotopic (exact) mass is 450 g/mol. The van der Waals surface area contributed by atoms with E-state index < -0.39 is 10.0 Å². The molecule has 0 aliphatic heterocycles. The largest absolute Gasteiger partial charge is 0.270 e. The second kappa shape index (κ2) is 9.30. The number of sulfonamides is 1. The molecule has 3 rings (SSSR count). The third-order valence-corrected chi connectivity index (χ3v) is 6.34. The lowest BCUT2D eigenvalue weighted by Crippen LogP contribution is -2.23. The highest BCUT2D eigenvalue weighted by Crippen LogP contribution is 2.33. The number of halogens is 1. The second-order valence-electron chi connectivity index (χ2n) is 6.78. The van der Waals surface area contributed by atoms with Crippen molar-refractivity contribution in [2.75, 3.05) is 18.6 Å². The van der Waals surface area contributed by atoms with Crippen LogP contribution in [0.1, 0.15) is 17.5 Å². The van der Waals surface area contributed by atoms with Crippen molar-refractivity contribution in [3.05, 3.63) is 58.6 Å². The van der Waals surface area contributed by atoms with Gasteiger partial charge in [0.25, 0.3) is 0 Å². The number of nitrogens with zero attached hydrogens (tertiary/aromatic N) is 3. The SMILES string of the molecule is Cc1ccc(C)c(-n2c(SCCCNS(C)(=O)=O)nnc2-c2ccccc2Cl)c1. The highest BCUT2D eigenvalue weighted by atomic mass is 35.5. The lowest BCUT2D eigenvalue weighted by molar-refractivity contribution is 0.587. The van der Waals surface area contributed by atoms with Gasteiger partial charge in [-0.1, -0.05) is 47.6 Å². The van der Waals surface area contributed by atoms with Gasteiger partial charge in [-0.2, -0.15) is 0 Å². The fourth-order valence-corrected chi connectivity index (χ4v) is 4.47. The predicted molar refractivity (Wildman–Crippen MR) is 119 cm³/mol. The van der Waals surface area contributed by atoms with Crippen LogP contribution >= 0.6 is 23.4 Å². The summed E-state index contributed by atoms with van der Waals surface area (Å²) in [6.45, 7) is 4.49. The number of hydrogen-bond acceptors (Lipinski definition) is 5. The molecule has 0 bridgehead atoms. The van der Waals surface area contributed by atoms with Crippen LogP contribution in [0.15, 0.2) is 47.6 Å². The Morgan fingerprint density at radius 2 is 1.90 bits per heavy atom. The number of hydrogen-bond donors (Lipinski definition) is 1. The number of rotatable bonds is 8. The fraction of sp³-hybridized carbons (Fsp3) is 0.300. The van der Waals surface area contributed by atoms with E-state index in [0.29, 0.717) is 29.6 Å². The number of aryl methyl sites for hydroxylation is 2. The maximum absolute atomic E-state index is 11.2. The molecule has 0 atom stereocenters. The van der Waals surface area contributed by atoms with Gasteiger partial charge in [-0.15, -0.1) is 10.2 Å². The quantitative estimate of drug-likeness (QED) is 0.410. The van der Waals surface area contributed by atoms with Gasteiger partial charge in [-0.25, -0.2) is 13.1 Å². The van der Waals surface area contributed by atoms with E-state index in [0.717, 1.165) is 33.8 Å². The maximum atomic E-state index is 11.2. The van der Waals surface area contributed by atoms with Gasteiger partial charge >= 0.3 is 0 Å². The maximum Gasteiger partial charge on any atom is 0.208 e. The smallest absolute Gasteiger partial charge is 0.208 e. The van der Waals surface area contributed by atoms with Crippen molar-refractivity contribution < 1.29 is 8.42 Å². The Hall–Kier alpha value is -1.87. The lowest BCUT2D eigenvalue weighted by Gasteiger charge is -2.14. The van der Waals surface area contributed by atoms with Crippen molar-refractivity contribution in [3.8, 4) is 17.1 Å². The molecule has 3 aromatic rings. The average Bonchev–Trinajstić information content (AvgIpc) is 3.06.